The number of nitrogens with zero attached hydrogens (tertiary/aromatic N) is 2. The summed E-state index contributed by atoms with van der Waals surface area (Å²) in [5.74, 6) is 0.979. The average molecular weight is 448 g/mol. The maximum absolute atomic E-state index is 12.9. The molecule has 0 spiro atoms. The molecule has 0 amide bonds. The lowest BCUT2D eigenvalue weighted by molar-refractivity contribution is -0.152. The fraction of sp³-hybridized carbons (Fsp3) is 0.385. The fourth-order valence-electron chi connectivity index (χ4n) is 6.27. The molecular formula is C26H26ClN3O2. The van der Waals surface area contributed by atoms with Crippen molar-refractivity contribution in [2.24, 2.45) is 17.8 Å². The molecule has 2 aliphatic carbocycles. The topological polar surface area (TPSA) is 59.9 Å². The van der Waals surface area contributed by atoms with Gasteiger partial charge in [0.05, 0.1) is 18.1 Å². The number of benzene rings is 1. The number of methoxy groups -OCH3 is 1. The van der Waals surface area contributed by atoms with Crippen molar-refractivity contribution in [3.05, 3.63) is 53.9 Å². The zero-order chi connectivity index (χ0) is 21.8. The summed E-state index contributed by atoms with van der Waals surface area (Å²) in [4.78, 5) is 20.5. The number of pyridine rings is 1. The Labute approximate surface area is 191 Å². The number of H-pyrrole nitrogens is 1. The quantitative estimate of drug-likeness (QED) is 0.371. The highest BCUT2D eigenvalue weighted by Crippen LogP contribution is 2.49. The summed E-state index contributed by atoms with van der Waals surface area (Å²) >= 11 is 6.22. The molecule has 32 heavy (non-hydrogen) atoms. The van der Waals surface area contributed by atoms with E-state index in [1.807, 2.05) is 12.3 Å². The Balaban J connectivity index is 1.47. The lowest BCUT2D eigenvalue weighted by Gasteiger charge is -2.44. The predicted octanol–water partition coefficient (Wildman–Crippen LogP) is 6.38. The molecular weight excluding hydrogens is 422 g/mol. The van der Waals surface area contributed by atoms with Crippen LogP contribution in [-0.4, -0.2) is 27.6 Å². The number of hydrogen-bond donors (Lipinski definition) is 1. The van der Waals surface area contributed by atoms with Crippen molar-refractivity contribution in [2.45, 2.75) is 38.1 Å². The highest BCUT2D eigenvalue weighted by atomic mass is 35.5. The molecule has 1 aromatic carbocycles. The molecule has 6 heteroatoms. The Bertz CT molecular complexity index is 1320. The molecule has 2 fully saturated rings. The number of carbonyl (C=O) groups excluding carboxylic acids is 1. The zero-order valence-corrected chi connectivity index (χ0v) is 18.8. The van der Waals surface area contributed by atoms with Gasteiger partial charge >= 0.3 is 5.97 Å². The van der Waals surface area contributed by atoms with Crippen molar-refractivity contribution in [2.75, 3.05) is 7.11 Å². The minimum atomic E-state index is -0.0769. The van der Waals surface area contributed by atoms with Gasteiger partial charge in [-0.1, -0.05) is 36.6 Å². The normalized spacial score (nSPS) is 25.3. The van der Waals surface area contributed by atoms with Crippen molar-refractivity contribution >= 4 is 39.5 Å². The first-order valence-electron chi connectivity index (χ1n) is 11.4. The maximum Gasteiger partial charge on any atom is 0.311 e. The van der Waals surface area contributed by atoms with E-state index in [0.717, 1.165) is 46.9 Å². The van der Waals surface area contributed by atoms with Gasteiger partial charge in [-0.25, -0.2) is 4.98 Å². The zero-order valence-electron chi connectivity index (χ0n) is 18.1. The van der Waals surface area contributed by atoms with Gasteiger partial charge in [0, 0.05) is 41.1 Å². The van der Waals surface area contributed by atoms with Crippen LogP contribution in [0.3, 0.4) is 0 Å². The smallest absolute Gasteiger partial charge is 0.311 e. The third-order valence-electron chi connectivity index (χ3n) is 7.68. The summed E-state index contributed by atoms with van der Waals surface area (Å²) < 4.78 is 7.63. The summed E-state index contributed by atoms with van der Waals surface area (Å²) in [5, 5.41) is 2.82. The Morgan fingerprint density at radius 2 is 2.12 bits per heavy atom. The molecule has 164 valence electrons. The molecule has 4 atom stereocenters. The number of aromatic nitrogens is 3. The number of ether oxygens (including phenoxy) is 1. The monoisotopic (exact) mass is 447 g/mol. The van der Waals surface area contributed by atoms with E-state index < -0.39 is 0 Å². The first kappa shape index (κ1) is 19.9. The van der Waals surface area contributed by atoms with E-state index in [2.05, 4.69) is 45.0 Å². The predicted molar refractivity (Wildman–Crippen MR) is 127 cm³/mol. The van der Waals surface area contributed by atoms with E-state index >= 15 is 0 Å². The van der Waals surface area contributed by atoms with Gasteiger partial charge in [0.25, 0.3) is 0 Å². The second kappa shape index (κ2) is 7.66. The molecule has 2 saturated carbocycles. The number of hydrogen-bond acceptors (Lipinski definition) is 3. The number of fused-ring (bicyclic) bond motifs is 4. The van der Waals surface area contributed by atoms with Crippen LogP contribution in [0.15, 0.2) is 48.9 Å². The second-order valence-electron chi connectivity index (χ2n) is 9.39. The van der Waals surface area contributed by atoms with Gasteiger partial charge in [-0.3, -0.25) is 4.79 Å². The van der Waals surface area contributed by atoms with E-state index in [9.17, 15) is 4.79 Å². The van der Waals surface area contributed by atoms with Gasteiger partial charge in [-0.05, 0) is 60.2 Å². The van der Waals surface area contributed by atoms with E-state index in [-0.39, 0.29) is 17.9 Å². The third-order valence-corrected chi connectivity index (χ3v) is 7.89. The number of esters is 1. The van der Waals surface area contributed by atoms with E-state index in [4.69, 9.17) is 16.3 Å². The summed E-state index contributed by atoms with van der Waals surface area (Å²) in [6, 6.07) is 10.8. The highest BCUT2D eigenvalue weighted by Gasteiger charge is 2.45. The SMILES string of the molecule is COC(=O)[C@@H]1C2CCCC(C2)C[C@H]1n1ccc2ccc(-c3c[nH]c4ncc(Cl)cc34)cc21. The summed E-state index contributed by atoms with van der Waals surface area (Å²) in [7, 11) is 1.52. The van der Waals surface area contributed by atoms with Gasteiger partial charge in [-0.15, -0.1) is 0 Å². The summed E-state index contributed by atoms with van der Waals surface area (Å²) in [5.41, 5.74) is 4.17. The standard InChI is InChI=1S/C26H26ClN3O2/c1-32-26(31)24-18-4-2-3-15(9-18)10-23(24)30-8-7-16-5-6-17(11-22(16)30)21-14-29-25-20(21)12-19(27)13-28-25/h5-8,11-15,18,23-24H,2-4,9-10H2,1H3,(H,28,29)/t15?,18?,23-,24-/m1/s1. The molecule has 5 nitrogen and oxygen atoms in total. The Morgan fingerprint density at radius 3 is 3.00 bits per heavy atom. The van der Waals surface area contributed by atoms with Gasteiger partial charge in [-0.2, -0.15) is 0 Å². The average Bonchev–Trinajstić information content (AvgIpc) is 3.41. The Hall–Kier alpha value is -2.79. The molecule has 3 heterocycles. The molecule has 0 aliphatic heterocycles. The number of halogens is 1. The molecule has 2 aliphatic rings. The van der Waals surface area contributed by atoms with Crippen molar-refractivity contribution < 1.29 is 9.53 Å². The summed E-state index contributed by atoms with van der Waals surface area (Å²) in [6.45, 7) is 0. The molecule has 3 aromatic heterocycles. The second-order valence-corrected chi connectivity index (χ2v) is 9.83. The van der Waals surface area contributed by atoms with Crippen LogP contribution in [0.25, 0.3) is 33.1 Å². The van der Waals surface area contributed by atoms with Crippen LogP contribution in [0.1, 0.15) is 38.1 Å². The fourth-order valence-corrected chi connectivity index (χ4v) is 6.43. The van der Waals surface area contributed by atoms with Crippen molar-refractivity contribution in [1.82, 2.24) is 14.5 Å². The van der Waals surface area contributed by atoms with Crippen LogP contribution in [0.2, 0.25) is 5.02 Å². The molecule has 2 bridgehead atoms. The minimum Gasteiger partial charge on any atom is -0.469 e. The van der Waals surface area contributed by atoms with Crippen molar-refractivity contribution in [3.63, 3.8) is 0 Å². The van der Waals surface area contributed by atoms with Gasteiger partial charge in [0.1, 0.15) is 5.65 Å². The van der Waals surface area contributed by atoms with E-state index in [1.54, 1.807) is 6.20 Å². The largest absolute Gasteiger partial charge is 0.469 e. The lowest BCUT2D eigenvalue weighted by atomic mass is 9.64. The molecule has 0 saturated heterocycles. The summed E-state index contributed by atoms with van der Waals surface area (Å²) in [6.07, 6.45) is 11.6. The van der Waals surface area contributed by atoms with Crippen LogP contribution in [0.5, 0.6) is 0 Å². The number of nitrogens with one attached hydrogen (secondary N) is 1. The van der Waals surface area contributed by atoms with E-state index in [0.29, 0.717) is 16.9 Å². The van der Waals surface area contributed by atoms with Crippen LogP contribution < -0.4 is 0 Å². The number of rotatable bonds is 3. The lowest BCUT2D eigenvalue weighted by Crippen LogP contribution is -2.41. The van der Waals surface area contributed by atoms with Crippen LogP contribution in [0, 0.1) is 17.8 Å². The third kappa shape index (κ3) is 3.14. The van der Waals surface area contributed by atoms with Crippen LogP contribution >= 0.6 is 11.6 Å². The Morgan fingerprint density at radius 1 is 1.22 bits per heavy atom. The number of carbonyl (C=O) groups is 1. The van der Waals surface area contributed by atoms with Crippen LogP contribution in [0.4, 0.5) is 0 Å². The molecule has 6 rings (SSSR count). The molecule has 4 aromatic rings. The van der Waals surface area contributed by atoms with Gasteiger partial charge in [0.15, 0.2) is 0 Å². The number of aromatic amines is 1. The first-order valence-corrected chi connectivity index (χ1v) is 11.8. The van der Waals surface area contributed by atoms with Crippen molar-refractivity contribution in [1.29, 1.82) is 0 Å². The van der Waals surface area contributed by atoms with E-state index in [1.165, 1.54) is 25.3 Å². The minimum absolute atomic E-state index is 0.0595. The molecule has 1 N–H and O–H groups in total. The highest BCUT2D eigenvalue weighted by molar-refractivity contribution is 6.31. The van der Waals surface area contributed by atoms with Gasteiger partial charge in [0.2, 0.25) is 0 Å². The molecule has 0 radical (unpaired) electrons. The molecule has 2 unspecified atom stereocenters. The first-order chi connectivity index (χ1) is 15.6. The van der Waals surface area contributed by atoms with Gasteiger partial charge < -0.3 is 14.3 Å². The van der Waals surface area contributed by atoms with Crippen molar-refractivity contribution in [3.8, 4) is 11.1 Å². The van der Waals surface area contributed by atoms with Crippen LogP contribution in [-0.2, 0) is 9.53 Å². The Kier molecular flexibility index (Phi) is 4.76. The maximum atomic E-state index is 12.9.